The van der Waals surface area contributed by atoms with Crippen LogP contribution in [0.1, 0.15) is 23.6 Å². The van der Waals surface area contributed by atoms with Gasteiger partial charge in [0, 0.05) is 23.0 Å². The Morgan fingerprint density at radius 2 is 2.00 bits per heavy atom. The van der Waals surface area contributed by atoms with Crippen molar-refractivity contribution in [2.45, 2.75) is 23.7 Å². The molecule has 0 unspecified atom stereocenters. The highest BCUT2D eigenvalue weighted by Crippen LogP contribution is 2.30. The largest absolute Gasteiger partial charge is 0.302 e. The van der Waals surface area contributed by atoms with Gasteiger partial charge in [-0.15, -0.1) is 11.3 Å². The molecule has 1 aliphatic heterocycles. The van der Waals surface area contributed by atoms with Crippen molar-refractivity contribution in [2.24, 2.45) is 0 Å². The Kier molecular flexibility index (Phi) is 5.94. The van der Waals surface area contributed by atoms with E-state index in [0.717, 1.165) is 32.5 Å². The summed E-state index contributed by atoms with van der Waals surface area (Å²) < 4.78 is 27.2. The summed E-state index contributed by atoms with van der Waals surface area (Å²) in [4.78, 5) is 4.01. The summed E-state index contributed by atoms with van der Waals surface area (Å²) in [5, 5.41) is 2.56. The van der Waals surface area contributed by atoms with Gasteiger partial charge in [-0.3, -0.25) is 0 Å². The van der Waals surface area contributed by atoms with Crippen molar-refractivity contribution in [3.8, 4) is 0 Å². The second-order valence-electron chi connectivity index (χ2n) is 5.99. The first-order chi connectivity index (χ1) is 11.5. The smallest absolute Gasteiger partial charge is 0.240 e. The lowest BCUT2D eigenvalue weighted by atomic mass is 9.95. The van der Waals surface area contributed by atoms with Crippen molar-refractivity contribution in [2.75, 3.05) is 26.2 Å². The fourth-order valence-corrected chi connectivity index (χ4v) is 5.24. The molecule has 4 nitrogen and oxygen atoms in total. The minimum absolute atomic E-state index is 0.214. The summed E-state index contributed by atoms with van der Waals surface area (Å²) in [6.07, 6.45) is 2.28. The molecule has 0 atom stereocenters. The maximum atomic E-state index is 12.2. The molecule has 0 amide bonds. The second-order valence-corrected chi connectivity index (χ2v) is 9.17. The summed E-state index contributed by atoms with van der Waals surface area (Å²) in [6.45, 7) is 3.18. The van der Waals surface area contributed by atoms with E-state index in [1.807, 2.05) is 11.3 Å². The Labute approximate surface area is 152 Å². The van der Waals surface area contributed by atoms with Crippen LogP contribution in [0.25, 0.3) is 0 Å². The van der Waals surface area contributed by atoms with Crippen LogP contribution in [0.5, 0.6) is 0 Å². The zero-order chi connectivity index (χ0) is 17.0. The SMILES string of the molecule is O=S(=O)(NCCN1CCC(c2cccs2)CC1)c1cccc(Cl)c1. The number of sulfonamides is 1. The summed E-state index contributed by atoms with van der Waals surface area (Å²) in [7, 11) is -3.49. The van der Waals surface area contributed by atoms with Crippen LogP contribution in [0.2, 0.25) is 5.02 Å². The van der Waals surface area contributed by atoms with Crippen LogP contribution in [0.15, 0.2) is 46.7 Å². The van der Waals surface area contributed by atoms with E-state index in [-0.39, 0.29) is 4.90 Å². The highest BCUT2D eigenvalue weighted by molar-refractivity contribution is 7.89. The van der Waals surface area contributed by atoms with E-state index in [1.54, 1.807) is 18.2 Å². The van der Waals surface area contributed by atoms with Crippen LogP contribution < -0.4 is 4.72 Å². The van der Waals surface area contributed by atoms with Crippen molar-refractivity contribution >= 4 is 33.0 Å². The van der Waals surface area contributed by atoms with Crippen LogP contribution in [0, 0.1) is 0 Å². The van der Waals surface area contributed by atoms with Crippen molar-refractivity contribution in [3.05, 3.63) is 51.7 Å². The zero-order valence-electron chi connectivity index (χ0n) is 13.3. The van der Waals surface area contributed by atoms with Gasteiger partial charge in [0.05, 0.1) is 4.90 Å². The number of hydrogen-bond donors (Lipinski definition) is 1. The predicted molar refractivity (Wildman–Crippen MR) is 99.4 cm³/mol. The predicted octanol–water partition coefficient (Wildman–Crippen LogP) is 3.56. The van der Waals surface area contributed by atoms with Crippen LogP contribution in [0.4, 0.5) is 0 Å². The molecule has 0 aliphatic carbocycles. The molecule has 2 heterocycles. The van der Waals surface area contributed by atoms with Gasteiger partial charge < -0.3 is 4.90 Å². The quantitative estimate of drug-likeness (QED) is 0.828. The highest BCUT2D eigenvalue weighted by Gasteiger charge is 2.21. The van der Waals surface area contributed by atoms with Gasteiger partial charge in [0.1, 0.15) is 0 Å². The van der Waals surface area contributed by atoms with Crippen molar-refractivity contribution in [3.63, 3.8) is 0 Å². The average molecular weight is 385 g/mol. The summed E-state index contributed by atoms with van der Waals surface area (Å²) in [5.41, 5.74) is 0. The molecule has 1 fully saturated rings. The number of likely N-dealkylation sites (tertiary alicyclic amines) is 1. The monoisotopic (exact) mass is 384 g/mol. The molecule has 1 aromatic carbocycles. The number of benzene rings is 1. The van der Waals surface area contributed by atoms with Crippen LogP contribution in [-0.4, -0.2) is 39.5 Å². The van der Waals surface area contributed by atoms with Crippen molar-refractivity contribution in [1.29, 1.82) is 0 Å². The maximum Gasteiger partial charge on any atom is 0.240 e. The average Bonchev–Trinajstić information content (AvgIpc) is 3.10. The van der Waals surface area contributed by atoms with Crippen LogP contribution in [-0.2, 0) is 10.0 Å². The van der Waals surface area contributed by atoms with Gasteiger partial charge in [0.25, 0.3) is 0 Å². The molecular formula is C17H21ClN2O2S2. The standard InChI is InChI=1S/C17H21ClN2O2S2/c18-15-3-1-4-16(13-15)24(21,22)19-8-11-20-9-6-14(7-10-20)17-5-2-12-23-17/h1-5,12-14,19H,6-11H2. The molecular weight excluding hydrogens is 364 g/mol. The molecule has 7 heteroatoms. The third kappa shape index (κ3) is 4.58. The first-order valence-electron chi connectivity index (χ1n) is 8.05. The molecule has 24 heavy (non-hydrogen) atoms. The van der Waals surface area contributed by atoms with E-state index in [9.17, 15) is 8.42 Å². The van der Waals surface area contributed by atoms with E-state index in [0.29, 0.717) is 17.5 Å². The fraction of sp³-hybridized carbons (Fsp3) is 0.412. The van der Waals surface area contributed by atoms with Crippen molar-refractivity contribution < 1.29 is 8.42 Å². The minimum Gasteiger partial charge on any atom is -0.302 e. The van der Waals surface area contributed by atoms with Crippen LogP contribution in [0.3, 0.4) is 0 Å². The summed E-state index contributed by atoms with van der Waals surface area (Å²) in [5.74, 6) is 0.657. The Balaban J connectivity index is 1.45. The van der Waals surface area contributed by atoms with Gasteiger partial charge in [-0.25, -0.2) is 13.1 Å². The molecule has 1 saturated heterocycles. The van der Waals surface area contributed by atoms with Crippen LogP contribution >= 0.6 is 22.9 Å². The van der Waals surface area contributed by atoms with Gasteiger partial charge in [-0.1, -0.05) is 23.7 Å². The maximum absolute atomic E-state index is 12.2. The van der Waals surface area contributed by atoms with Gasteiger partial charge >= 0.3 is 0 Å². The van der Waals surface area contributed by atoms with E-state index in [4.69, 9.17) is 11.6 Å². The van der Waals surface area contributed by atoms with Crippen molar-refractivity contribution in [1.82, 2.24) is 9.62 Å². The van der Waals surface area contributed by atoms with E-state index >= 15 is 0 Å². The molecule has 1 N–H and O–H groups in total. The first kappa shape index (κ1) is 17.9. The van der Waals surface area contributed by atoms with E-state index in [2.05, 4.69) is 27.1 Å². The molecule has 1 aliphatic rings. The Hall–Kier alpha value is -0.920. The normalized spacial score (nSPS) is 17.2. The number of nitrogens with zero attached hydrogens (tertiary/aromatic N) is 1. The Morgan fingerprint density at radius 1 is 1.21 bits per heavy atom. The second kappa shape index (κ2) is 7.97. The molecule has 1 aromatic heterocycles. The lowest BCUT2D eigenvalue weighted by Gasteiger charge is -2.31. The zero-order valence-corrected chi connectivity index (χ0v) is 15.7. The summed E-state index contributed by atoms with van der Waals surface area (Å²) >= 11 is 7.69. The van der Waals surface area contributed by atoms with E-state index in [1.165, 1.54) is 10.9 Å². The molecule has 2 aromatic rings. The lowest BCUT2D eigenvalue weighted by molar-refractivity contribution is 0.217. The third-order valence-corrected chi connectivity index (χ3v) is 7.09. The molecule has 130 valence electrons. The number of rotatable bonds is 6. The third-order valence-electron chi connectivity index (χ3n) is 4.36. The van der Waals surface area contributed by atoms with Gasteiger partial charge in [-0.2, -0.15) is 0 Å². The molecule has 3 rings (SSSR count). The fourth-order valence-electron chi connectivity index (χ4n) is 3.02. The molecule has 0 saturated carbocycles. The number of halogens is 1. The number of thiophene rings is 1. The number of hydrogen-bond acceptors (Lipinski definition) is 4. The van der Waals surface area contributed by atoms with Gasteiger partial charge in [0.2, 0.25) is 10.0 Å². The first-order valence-corrected chi connectivity index (χ1v) is 10.8. The minimum atomic E-state index is -3.49. The van der Waals surface area contributed by atoms with Gasteiger partial charge in [-0.05, 0) is 61.5 Å². The van der Waals surface area contributed by atoms with Gasteiger partial charge in [0.15, 0.2) is 0 Å². The van der Waals surface area contributed by atoms with E-state index < -0.39 is 10.0 Å². The lowest BCUT2D eigenvalue weighted by Crippen LogP contribution is -2.39. The Bertz CT molecular complexity index is 755. The number of nitrogens with one attached hydrogen (secondary N) is 1. The molecule has 0 spiro atoms. The molecule has 0 radical (unpaired) electrons. The number of piperidine rings is 1. The molecule has 0 bridgehead atoms. The summed E-state index contributed by atoms with van der Waals surface area (Å²) in [6, 6.07) is 10.7. The Morgan fingerprint density at radius 3 is 2.67 bits per heavy atom. The topological polar surface area (TPSA) is 49.4 Å². The highest BCUT2D eigenvalue weighted by atomic mass is 35.5.